The monoisotopic (exact) mass is 450 g/mol. The molecular formula is C23H25F3N2O4. The Morgan fingerprint density at radius 1 is 1.22 bits per heavy atom. The molecule has 1 fully saturated rings. The van der Waals surface area contributed by atoms with Crippen molar-refractivity contribution in [3.8, 4) is 0 Å². The van der Waals surface area contributed by atoms with E-state index in [2.05, 4.69) is 10.1 Å². The number of carbonyl (C=O) groups is 2. The maximum absolute atomic E-state index is 13.0. The zero-order valence-corrected chi connectivity index (χ0v) is 17.7. The van der Waals surface area contributed by atoms with Crippen molar-refractivity contribution in [1.82, 2.24) is 10.2 Å². The molecule has 1 amide bonds. The summed E-state index contributed by atoms with van der Waals surface area (Å²) in [7, 11) is 1.29. The highest BCUT2D eigenvalue weighted by atomic mass is 19.4. The summed E-state index contributed by atoms with van der Waals surface area (Å²) in [5, 5.41) is 13.0. The Morgan fingerprint density at radius 2 is 1.91 bits per heavy atom. The van der Waals surface area contributed by atoms with E-state index < -0.39 is 29.9 Å². The van der Waals surface area contributed by atoms with Crippen LogP contribution in [0.1, 0.15) is 46.4 Å². The topological polar surface area (TPSA) is 78.9 Å². The third-order valence-electron chi connectivity index (χ3n) is 5.51. The van der Waals surface area contributed by atoms with Crippen molar-refractivity contribution in [2.75, 3.05) is 13.7 Å². The molecule has 9 heteroatoms. The van der Waals surface area contributed by atoms with Gasteiger partial charge in [0.15, 0.2) is 0 Å². The van der Waals surface area contributed by atoms with E-state index in [1.54, 1.807) is 42.2 Å². The summed E-state index contributed by atoms with van der Waals surface area (Å²) < 4.78 is 43.7. The van der Waals surface area contributed by atoms with E-state index in [1.165, 1.54) is 13.2 Å². The van der Waals surface area contributed by atoms with E-state index in [4.69, 9.17) is 0 Å². The molecule has 1 heterocycles. The highest BCUT2D eigenvalue weighted by molar-refractivity contribution is 5.89. The van der Waals surface area contributed by atoms with Gasteiger partial charge < -0.3 is 15.2 Å². The number of carbonyl (C=O) groups excluding carboxylic acids is 2. The molecule has 172 valence electrons. The second-order valence-electron chi connectivity index (χ2n) is 7.88. The van der Waals surface area contributed by atoms with Crippen LogP contribution in [-0.4, -0.2) is 47.7 Å². The molecule has 0 spiro atoms. The molecule has 3 atom stereocenters. The van der Waals surface area contributed by atoms with Gasteiger partial charge in [-0.15, -0.1) is 0 Å². The van der Waals surface area contributed by atoms with Crippen LogP contribution < -0.4 is 5.32 Å². The first-order valence-electron chi connectivity index (χ1n) is 10.2. The van der Waals surface area contributed by atoms with Crippen LogP contribution in [0, 0.1) is 0 Å². The minimum atomic E-state index is -4.45. The van der Waals surface area contributed by atoms with Crippen molar-refractivity contribution in [3.05, 3.63) is 70.8 Å². The molecule has 2 aromatic carbocycles. The van der Waals surface area contributed by atoms with Crippen molar-refractivity contribution in [1.29, 1.82) is 0 Å². The lowest BCUT2D eigenvalue weighted by atomic mass is 10.0. The lowest BCUT2D eigenvalue weighted by Gasteiger charge is -2.25. The predicted octanol–water partition coefficient (Wildman–Crippen LogP) is 3.30. The van der Waals surface area contributed by atoms with E-state index in [-0.39, 0.29) is 31.5 Å². The number of aliphatic hydroxyl groups excluding tert-OH is 1. The molecule has 1 aliphatic heterocycles. The van der Waals surface area contributed by atoms with Crippen LogP contribution in [-0.2, 0) is 22.3 Å². The molecule has 32 heavy (non-hydrogen) atoms. The van der Waals surface area contributed by atoms with Crippen LogP contribution in [0.15, 0.2) is 48.5 Å². The van der Waals surface area contributed by atoms with Crippen LogP contribution in [0.5, 0.6) is 0 Å². The lowest BCUT2D eigenvalue weighted by Crippen LogP contribution is -2.43. The number of alkyl halides is 3. The van der Waals surface area contributed by atoms with Crippen LogP contribution in [0.4, 0.5) is 13.2 Å². The van der Waals surface area contributed by atoms with Gasteiger partial charge in [0.1, 0.15) is 0 Å². The van der Waals surface area contributed by atoms with Gasteiger partial charge in [0, 0.05) is 13.1 Å². The summed E-state index contributed by atoms with van der Waals surface area (Å²) in [4.78, 5) is 26.1. The summed E-state index contributed by atoms with van der Waals surface area (Å²) in [6, 6.07) is 10.5. The van der Waals surface area contributed by atoms with Gasteiger partial charge in [-0.2, -0.15) is 13.2 Å². The summed E-state index contributed by atoms with van der Waals surface area (Å²) in [5.74, 6) is -0.781. The van der Waals surface area contributed by atoms with Crippen LogP contribution >= 0.6 is 0 Å². The quantitative estimate of drug-likeness (QED) is 0.661. The van der Waals surface area contributed by atoms with Crippen LogP contribution in [0.2, 0.25) is 0 Å². The second kappa shape index (κ2) is 9.70. The minimum Gasteiger partial charge on any atom is -0.465 e. The molecule has 2 aromatic rings. The first-order chi connectivity index (χ1) is 15.1. The van der Waals surface area contributed by atoms with E-state index in [1.807, 2.05) is 0 Å². The fourth-order valence-corrected chi connectivity index (χ4v) is 3.83. The second-order valence-corrected chi connectivity index (χ2v) is 7.88. The molecule has 2 N–H and O–H groups in total. The fourth-order valence-electron chi connectivity index (χ4n) is 3.83. The molecule has 0 aromatic heterocycles. The Balaban J connectivity index is 1.68. The number of ether oxygens (including phenoxy) is 1. The smallest absolute Gasteiger partial charge is 0.416 e. The first-order valence-corrected chi connectivity index (χ1v) is 10.2. The molecule has 1 aliphatic rings. The molecular weight excluding hydrogens is 425 g/mol. The fraction of sp³-hybridized carbons (Fsp3) is 0.391. The zero-order valence-electron chi connectivity index (χ0n) is 17.7. The summed E-state index contributed by atoms with van der Waals surface area (Å²) in [6.45, 7) is 2.09. The molecule has 0 saturated carbocycles. The third-order valence-corrected chi connectivity index (χ3v) is 5.51. The van der Waals surface area contributed by atoms with Crippen molar-refractivity contribution in [2.45, 2.75) is 44.3 Å². The van der Waals surface area contributed by atoms with Crippen molar-refractivity contribution in [3.63, 3.8) is 0 Å². The third kappa shape index (κ3) is 5.66. The molecule has 3 unspecified atom stereocenters. The van der Waals surface area contributed by atoms with Crippen molar-refractivity contribution < 1.29 is 32.6 Å². The number of nitrogens with one attached hydrogen (secondary N) is 1. The minimum absolute atomic E-state index is 0.112. The number of nitrogens with zero attached hydrogens (tertiary/aromatic N) is 1. The normalized spacial score (nSPS) is 20.1. The Morgan fingerprint density at radius 3 is 2.53 bits per heavy atom. The van der Waals surface area contributed by atoms with Gasteiger partial charge in [-0.3, -0.25) is 9.69 Å². The molecule has 3 rings (SSSR count). The number of amides is 1. The Labute approximate surface area is 184 Å². The highest BCUT2D eigenvalue weighted by Gasteiger charge is 2.37. The number of hydrogen-bond donors (Lipinski definition) is 2. The first kappa shape index (κ1) is 23.7. The standard InChI is InChI=1S/C23H25F3N2O4/c1-14(16-6-8-17(9-7-16)22(31)32-2)27-21(30)20-11-19(29)13-28(20)12-15-4-3-5-18(10-15)23(24,25)26/h3-10,14,19-20,29H,11-13H2,1-2H3,(H,27,30). The number of halogens is 3. The van der Waals surface area contributed by atoms with Gasteiger partial charge >= 0.3 is 12.1 Å². The number of aliphatic hydroxyl groups is 1. The average molecular weight is 450 g/mol. The lowest BCUT2D eigenvalue weighted by molar-refractivity contribution is -0.137. The molecule has 0 aliphatic carbocycles. The number of esters is 1. The Bertz CT molecular complexity index is 962. The van der Waals surface area contributed by atoms with Gasteiger partial charge in [0.05, 0.1) is 36.4 Å². The number of rotatable bonds is 6. The van der Waals surface area contributed by atoms with Gasteiger partial charge in [-0.25, -0.2) is 4.79 Å². The predicted molar refractivity (Wildman–Crippen MR) is 111 cm³/mol. The van der Waals surface area contributed by atoms with Crippen molar-refractivity contribution >= 4 is 11.9 Å². The maximum Gasteiger partial charge on any atom is 0.416 e. The van der Waals surface area contributed by atoms with E-state index >= 15 is 0 Å². The van der Waals surface area contributed by atoms with Crippen LogP contribution in [0.3, 0.4) is 0 Å². The number of β-amino-alcohol motifs (C(OH)–C–C–N with tert-alkyl or cyclic N) is 1. The summed E-state index contributed by atoms with van der Waals surface area (Å²) >= 11 is 0. The molecule has 0 radical (unpaired) electrons. The highest BCUT2D eigenvalue weighted by Crippen LogP contribution is 2.30. The molecule has 1 saturated heterocycles. The summed E-state index contributed by atoms with van der Waals surface area (Å²) in [5.41, 5.74) is 0.827. The Kier molecular flexibility index (Phi) is 7.20. The number of methoxy groups -OCH3 is 1. The Hall–Kier alpha value is -2.91. The zero-order chi connectivity index (χ0) is 23.5. The van der Waals surface area contributed by atoms with E-state index in [0.29, 0.717) is 11.1 Å². The van der Waals surface area contributed by atoms with Gasteiger partial charge in [-0.05, 0) is 42.7 Å². The maximum atomic E-state index is 13.0. The average Bonchev–Trinajstić information content (AvgIpc) is 3.13. The largest absolute Gasteiger partial charge is 0.465 e. The van der Waals surface area contributed by atoms with Gasteiger partial charge in [-0.1, -0.05) is 30.3 Å². The van der Waals surface area contributed by atoms with Gasteiger partial charge in [0.2, 0.25) is 5.91 Å². The van der Waals surface area contributed by atoms with E-state index in [0.717, 1.165) is 17.7 Å². The van der Waals surface area contributed by atoms with E-state index in [9.17, 15) is 27.9 Å². The molecule has 0 bridgehead atoms. The number of hydrogen-bond acceptors (Lipinski definition) is 5. The van der Waals surface area contributed by atoms with Gasteiger partial charge in [0.25, 0.3) is 0 Å². The number of benzene rings is 2. The van der Waals surface area contributed by atoms with Crippen molar-refractivity contribution in [2.24, 2.45) is 0 Å². The summed E-state index contributed by atoms with van der Waals surface area (Å²) in [6.07, 6.45) is -5.00. The molecule has 6 nitrogen and oxygen atoms in total. The van der Waals surface area contributed by atoms with Crippen LogP contribution in [0.25, 0.3) is 0 Å². The SMILES string of the molecule is COC(=O)c1ccc(C(C)NC(=O)C2CC(O)CN2Cc2cccc(C(F)(F)F)c2)cc1. The number of likely N-dealkylation sites (tertiary alicyclic amines) is 1.